The number of rotatable bonds is 6. The lowest BCUT2D eigenvalue weighted by Crippen LogP contribution is -2.30. The van der Waals surface area contributed by atoms with Crippen LogP contribution >= 0.6 is 0 Å². The number of hydrogen-bond acceptors (Lipinski definition) is 0. The van der Waals surface area contributed by atoms with Gasteiger partial charge in [-0.2, -0.15) is 0 Å². The van der Waals surface area contributed by atoms with Crippen LogP contribution in [0.4, 0.5) is 0 Å². The van der Waals surface area contributed by atoms with Crippen molar-refractivity contribution in [2.75, 3.05) is 0 Å². The molecule has 0 fully saturated rings. The van der Waals surface area contributed by atoms with Crippen molar-refractivity contribution in [3.63, 3.8) is 0 Å². The monoisotopic (exact) mass is 418 g/mol. The molecule has 0 aromatic heterocycles. The van der Waals surface area contributed by atoms with Gasteiger partial charge < -0.3 is 0 Å². The molecule has 0 nitrogen and oxygen atoms in total. The Balaban J connectivity index is -0.000000428. The van der Waals surface area contributed by atoms with E-state index in [1.54, 1.807) is 0 Å². The molecule has 30 heavy (non-hydrogen) atoms. The Kier molecular flexibility index (Phi) is 18.6. The molecule has 0 heteroatoms. The van der Waals surface area contributed by atoms with Crippen molar-refractivity contribution in [1.29, 1.82) is 0 Å². The molecule has 0 aliphatic heterocycles. The second-order valence-corrected chi connectivity index (χ2v) is 10.0. The van der Waals surface area contributed by atoms with Crippen LogP contribution in [-0.2, 0) is 0 Å². The van der Waals surface area contributed by atoms with E-state index in [2.05, 4.69) is 101 Å². The van der Waals surface area contributed by atoms with Crippen molar-refractivity contribution in [3.05, 3.63) is 41.5 Å². The zero-order valence-corrected chi connectivity index (χ0v) is 23.7. The molecular weight excluding hydrogens is 360 g/mol. The largest absolute Gasteiger partial charge is 0.0955 e. The molecule has 1 rings (SSSR count). The average Bonchev–Trinajstić information content (AvgIpc) is 2.67. The SMILES string of the molecule is C=C(C)c1c(C)cccc1C.CC.CC.CCC(CC(C)(C)C(C)CC)C(C)(C)C. The summed E-state index contributed by atoms with van der Waals surface area (Å²) in [4.78, 5) is 0. The van der Waals surface area contributed by atoms with E-state index in [4.69, 9.17) is 0 Å². The molecule has 2 unspecified atom stereocenters. The van der Waals surface area contributed by atoms with Crippen LogP contribution < -0.4 is 0 Å². The minimum atomic E-state index is 0.458. The minimum absolute atomic E-state index is 0.458. The zero-order valence-electron chi connectivity index (χ0n) is 23.7. The number of hydrogen-bond donors (Lipinski definition) is 0. The van der Waals surface area contributed by atoms with Gasteiger partial charge in [-0.1, -0.05) is 126 Å². The molecule has 0 aliphatic rings. The summed E-state index contributed by atoms with van der Waals surface area (Å²) in [6.07, 6.45) is 3.97. The Labute approximate surface area is 193 Å². The molecule has 0 radical (unpaired) electrons. The fourth-order valence-corrected chi connectivity index (χ4v) is 3.94. The second-order valence-electron chi connectivity index (χ2n) is 10.0. The second kappa shape index (κ2) is 16.6. The Bertz CT molecular complexity index is 534. The van der Waals surface area contributed by atoms with Gasteiger partial charge in [0.05, 0.1) is 0 Å². The van der Waals surface area contributed by atoms with E-state index in [1.165, 1.54) is 36.0 Å². The molecule has 0 heterocycles. The van der Waals surface area contributed by atoms with Gasteiger partial charge >= 0.3 is 0 Å². The van der Waals surface area contributed by atoms with E-state index in [0.29, 0.717) is 10.8 Å². The molecule has 0 bridgehead atoms. The van der Waals surface area contributed by atoms with Crippen LogP contribution in [0.3, 0.4) is 0 Å². The summed E-state index contributed by atoms with van der Waals surface area (Å²) >= 11 is 0. The predicted molar refractivity (Wildman–Crippen MR) is 144 cm³/mol. The van der Waals surface area contributed by atoms with Gasteiger partial charge in [-0.15, -0.1) is 0 Å². The summed E-state index contributed by atoms with van der Waals surface area (Å²) in [6, 6.07) is 6.32. The molecule has 0 aliphatic carbocycles. The highest BCUT2D eigenvalue weighted by Crippen LogP contribution is 2.42. The Morgan fingerprint density at radius 1 is 0.867 bits per heavy atom. The number of benzene rings is 1. The average molecular weight is 419 g/mol. The number of allylic oxidation sites excluding steroid dienone is 1. The van der Waals surface area contributed by atoms with Crippen molar-refractivity contribution >= 4 is 5.57 Å². The summed E-state index contributed by atoms with van der Waals surface area (Å²) in [5.41, 5.74) is 6.05. The first-order valence-corrected chi connectivity index (χ1v) is 12.5. The maximum atomic E-state index is 3.95. The van der Waals surface area contributed by atoms with E-state index in [0.717, 1.165) is 17.4 Å². The molecule has 1 aromatic rings. The molecule has 178 valence electrons. The van der Waals surface area contributed by atoms with Crippen molar-refractivity contribution in [1.82, 2.24) is 0 Å². The Morgan fingerprint density at radius 2 is 1.27 bits per heavy atom. The summed E-state index contributed by atoms with van der Waals surface area (Å²) in [6.45, 7) is 37.3. The van der Waals surface area contributed by atoms with Crippen LogP contribution in [0.5, 0.6) is 0 Å². The van der Waals surface area contributed by atoms with Crippen LogP contribution in [0.2, 0.25) is 0 Å². The van der Waals surface area contributed by atoms with Gasteiger partial charge in [-0.3, -0.25) is 0 Å². The highest BCUT2D eigenvalue weighted by Gasteiger charge is 2.32. The normalized spacial score (nSPS) is 12.8. The first kappa shape index (κ1) is 33.6. The lowest BCUT2D eigenvalue weighted by molar-refractivity contribution is 0.107. The molecule has 0 N–H and O–H groups in total. The molecule has 0 amide bonds. The molecular formula is C30H58. The van der Waals surface area contributed by atoms with E-state index >= 15 is 0 Å². The van der Waals surface area contributed by atoms with E-state index in [9.17, 15) is 0 Å². The van der Waals surface area contributed by atoms with Gasteiger partial charge in [0.25, 0.3) is 0 Å². The Morgan fingerprint density at radius 3 is 1.50 bits per heavy atom. The highest BCUT2D eigenvalue weighted by molar-refractivity contribution is 5.67. The Hall–Kier alpha value is -1.04. The van der Waals surface area contributed by atoms with Gasteiger partial charge in [-0.05, 0) is 66.5 Å². The van der Waals surface area contributed by atoms with Crippen LogP contribution in [0.15, 0.2) is 24.8 Å². The molecule has 0 saturated carbocycles. The topological polar surface area (TPSA) is 0 Å². The first-order chi connectivity index (χ1) is 13.8. The van der Waals surface area contributed by atoms with Crippen LogP contribution in [-0.4, -0.2) is 0 Å². The van der Waals surface area contributed by atoms with E-state index in [1.807, 2.05) is 27.7 Å². The zero-order chi connectivity index (χ0) is 24.7. The summed E-state index contributed by atoms with van der Waals surface area (Å²) in [7, 11) is 0. The van der Waals surface area contributed by atoms with Gasteiger partial charge in [-0.25, -0.2) is 0 Å². The van der Waals surface area contributed by atoms with Gasteiger partial charge in [0.2, 0.25) is 0 Å². The van der Waals surface area contributed by atoms with Gasteiger partial charge in [0.15, 0.2) is 0 Å². The third-order valence-corrected chi connectivity index (χ3v) is 6.34. The minimum Gasteiger partial charge on any atom is -0.0955 e. The lowest BCUT2D eigenvalue weighted by Gasteiger charge is -2.40. The number of aryl methyl sites for hydroxylation is 2. The molecule has 2 atom stereocenters. The fourth-order valence-electron chi connectivity index (χ4n) is 3.94. The maximum absolute atomic E-state index is 3.95. The van der Waals surface area contributed by atoms with E-state index in [-0.39, 0.29) is 0 Å². The highest BCUT2D eigenvalue weighted by atomic mass is 14.4. The predicted octanol–water partition coefficient (Wildman–Crippen LogP) is 10.9. The third kappa shape index (κ3) is 12.6. The molecule has 0 saturated heterocycles. The van der Waals surface area contributed by atoms with Crippen LogP contribution in [0, 0.1) is 36.5 Å². The van der Waals surface area contributed by atoms with E-state index < -0.39 is 0 Å². The van der Waals surface area contributed by atoms with Crippen molar-refractivity contribution in [3.8, 4) is 0 Å². The first-order valence-electron chi connectivity index (χ1n) is 12.5. The standard InChI is InChI=1S/C15H32.C11H14.2C2H6/c1-9-12(3)15(7,8)11-13(10-2)14(4,5)6;1-8(2)11-9(3)6-5-7-10(11)4;2*1-2/h12-13H,9-11H2,1-8H3;5-7H,1H2,2-4H3;2*1-2H3. The fraction of sp³-hybridized carbons (Fsp3) is 0.733. The summed E-state index contributed by atoms with van der Waals surface area (Å²) in [5, 5.41) is 0. The van der Waals surface area contributed by atoms with Crippen molar-refractivity contribution in [2.24, 2.45) is 22.7 Å². The van der Waals surface area contributed by atoms with Crippen LogP contribution in [0.25, 0.3) is 5.57 Å². The third-order valence-electron chi connectivity index (χ3n) is 6.34. The molecule has 1 aromatic carbocycles. The van der Waals surface area contributed by atoms with Crippen LogP contribution in [0.1, 0.15) is 126 Å². The summed E-state index contributed by atoms with van der Waals surface area (Å²) < 4.78 is 0. The maximum Gasteiger partial charge on any atom is -0.0175 e. The summed E-state index contributed by atoms with van der Waals surface area (Å²) in [5.74, 6) is 1.68. The molecule has 0 spiro atoms. The van der Waals surface area contributed by atoms with Gasteiger partial charge in [0, 0.05) is 0 Å². The quantitative estimate of drug-likeness (QED) is 0.431. The smallest absolute Gasteiger partial charge is 0.0175 e. The lowest BCUT2D eigenvalue weighted by atomic mass is 9.66. The van der Waals surface area contributed by atoms with Gasteiger partial charge in [0.1, 0.15) is 0 Å². The van der Waals surface area contributed by atoms with Crippen molar-refractivity contribution in [2.45, 2.75) is 123 Å². The van der Waals surface area contributed by atoms with Crippen molar-refractivity contribution < 1.29 is 0 Å².